The molecule has 0 saturated heterocycles. The van der Waals surface area contributed by atoms with Gasteiger partial charge in [0.2, 0.25) is 5.91 Å². The molecule has 7 nitrogen and oxygen atoms in total. The van der Waals surface area contributed by atoms with Gasteiger partial charge >= 0.3 is 0 Å². The Morgan fingerprint density at radius 3 is 2.72 bits per heavy atom. The van der Waals surface area contributed by atoms with E-state index in [0.29, 0.717) is 38.7 Å². The number of amides is 1. The molecular weight excluding hydrogens is 413 g/mol. The number of halogens is 2. The van der Waals surface area contributed by atoms with E-state index in [1.165, 1.54) is 10.9 Å². The van der Waals surface area contributed by atoms with Gasteiger partial charge in [-0.1, -0.05) is 34.4 Å². The lowest BCUT2D eigenvalue weighted by molar-refractivity contribution is -0.115. The molecule has 0 atom stereocenters. The highest BCUT2D eigenvalue weighted by Crippen LogP contribution is 2.26. The summed E-state index contributed by atoms with van der Waals surface area (Å²) in [5, 5.41) is 12.9. The quantitative estimate of drug-likeness (QED) is 0.502. The number of pyridine rings is 1. The molecule has 0 fully saturated rings. The summed E-state index contributed by atoms with van der Waals surface area (Å²) in [5.41, 5.74) is 4.05. The molecular formula is C20H17Cl2N5O2. The number of carbonyl (C=O) groups excluding carboxylic acids is 1. The summed E-state index contributed by atoms with van der Waals surface area (Å²) in [6, 6.07) is 7.25. The molecule has 0 saturated carbocycles. The Labute approximate surface area is 176 Å². The van der Waals surface area contributed by atoms with Crippen molar-refractivity contribution < 1.29 is 9.32 Å². The number of carbonyl (C=O) groups is 1. The predicted molar refractivity (Wildman–Crippen MR) is 112 cm³/mol. The van der Waals surface area contributed by atoms with Gasteiger partial charge in [0.25, 0.3) is 0 Å². The van der Waals surface area contributed by atoms with Crippen LogP contribution in [0, 0.1) is 20.8 Å². The Morgan fingerprint density at radius 2 is 1.97 bits per heavy atom. The third kappa shape index (κ3) is 3.83. The van der Waals surface area contributed by atoms with Gasteiger partial charge < -0.3 is 9.84 Å². The Morgan fingerprint density at radius 1 is 1.17 bits per heavy atom. The zero-order valence-corrected chi connectivity index (χ0v) is 17.5. The molecule has 1 aromatic carbocycles. The summed E-state index contributed by atoms with van der Waals surface area (Å²) in [5.74, 6) is 0.564. The number of benzene rings is 1. The molecule has 4 rings (SSSR count). The number of aromatic nitrogens is 4. The maximum Gasteiger partial charge on any atom is 0.231 e. The second-order valence-corrected chi connectivity index (χ2v) is 7.69. The van der Waals surface area contributed by atoms with Crippen LogP contribution in [0.15, 0.2) is 35.0 Å². The van der Waals surface area contributed by atoms with Gasteiger partial charge in [0, 0.05) is 17.6 Å². The maximum absolute atomic E-state index is 12.7. The van der Waals surface area contributed by atoms with Gasteiger partial charge in [-0.2, -0.15) is 9.78 Å². The predicted octanol–water partition coefficient (Wildman–Crippen LogP) is 4.82. The number of fused-ring (bicyclic) bond motifs is 1. The molecule has 29 heavy (non-hydrogen) atoms. The van der Waals surface area contributed by atoms with E-state index in [1.807, 2.05) is 32.9 Å². The Kier molecular flexibility index (Phi) is 5.02. The standard InChI is InChI=1S/C20H17Cl2N5O2/c1-10-4-11(2)19-15(26-29-16(19)5-10)8-18(28)24-17-6-12(3)25-27(17)20-14(22)7-13(21)9-23-20/h4-7,9H,8H2,1-3H3,(H,24,28). The monoisotopic (exact) mass is 429 g/mol. The smallest absolute Gasteiger partial charge is 0.231 e. The van der Waals surface area contributed by atoms with Crippen LogP contribution in [-0.4, -0.2) is 25.8 Å². The van der Waals surface area contributed by atoms with Gasteiger partial charge in [-0.15, -0.1) is 0 Å². The van der Waals surface area contributed by atoms with Crippen LogP contribution < -0.4 is 5.32 Å². The summed E-state index contributed by atoms with van der Waals surface area (Å²) in [7, 11) is 0. The first-order chi connectivity index (χ1) is 13.8. The zero-order valence-electron chi connectivity index (χ0n) is 16.0. The SMILES string of the molecule is Cc1cc(C)c2c(CC(=O)Nc3cc(C)nn3-c3ncc(Cl)cc3Cl)noc2c1. The van der Waals surface area contributed by atoms with Gasteiger partial charge in [0.05, 0.1) is 22.2 Å². The molecule has 0 aliphatic carbocycles. The third-order valence-corrected chi connectivity index (χ3v) is 4.89. The van der Waals surface area contributed by atoms with Gasteiger partial charge in [-0.05, 0) is 44.0 Å². The van der Waals surface area contributed by atoms with E-state index in [4.69, 9.17) is 27.7 Å². The van der Waals surface area contributed by atoms with Crippen LogP contribution in [0.25, 0.3) is 16.8 Å². The number of aryl methyl sites for hydroxylation is 3. The molecule has 148 valence electrons. The number of hydrogen-bond donors (Lipinski definition) is 1. The van der Waals surface area contributed by atoms with Crippen LogP contribution in [0.1, 0.15) is 22.5 Å². The highest BCUT2D eigenvalue weighted by Gasteiger charge is 2.18. The molecule has 0 aliphatic heterocycles. The molecule has 0 unspecified atom stereocenters. The second kappa shape index (κ2) is 7.50. The molecule has 0 bridgehead atoms. The molecule has 9 heteroatoms. The van der Waals surface area contributed by atoms with Crippen molar-refractivity contribution in [3.05, 3.63) is 63.0 Å². The van der Waals surface area contributed by atoms with E-state index >= 15 is 0 Å². The summed E-state index contributed by atoms with van der Waals surface area (Å²) in [6.45, 7) is 5.77. The molecule has 3 heterocycles. The van der Waals surface area contributed by atoms with E-state index in [0.717, 1.165) is 16.5 Å². The van der Waals surface area contributed by atoms with E-state index in [1.54, 1.807) is 12.1 Å². The summed E-state index contributed by atoms with van der Waals surface area (Å²) >= 11 is 12.2. The van der Waals surface area contributed by atoms with Crippen LogP contribution in [0.5, 0.6) is 0 Å². The van der Waals surface area contributed by atoms with Crippen molar-refractivity contribution in [2.24, 2.45) is 0 Å². The molecule has 0 radical (unpaired) electrons. The fourth-order valence-corrected chi connectivity index (χ4v) is 3.75. The van der Waals surface area contributed by atoms with Crippen molar-refractivity contribution >= 4 is 45.9 Å². The van der Waals surface area contributed by atoms with Crippen molar-refractivity contribution in [2.75, 3.05) is 5.32 Å². The van der Waals surface area contributed by atoms with Crippen LogP contribution in [0.4, 0.5) is 5.82 Å². The highest BCUT2D eigenvalue weighted by atomic mass is 35.5. The highest BCUT2D eigenvalue weighted by molar-refractivity contribution is 6.35. The average molecular weight is 430 g/mol. The Balaban J connectivity index is 1.62. The lowest BCUT2D eigenvalue weighted by Gasteiger charge is -2.09. The molecule has 1 amide bonds. The van der Waals surface area contributed by atoms with Crippen molar-refractivity contribution in [1.82, 2.24) is 19.9 Å². The lowest BCUT2D eigenvalue weighted by Crippen LogP contribution is -2.18. The van der Waals surface area contributed by atoms with Crippen LogP contribution in [0.2, 0.25) is 10.0 Å². The number of nitrogens with one attached hydrogen (secondary N) is 1. The maximum atomic E-state index is 12.7. The molecule has 0 spiro atoms. The largest absolute Gasteiger partial charge is 0.356 e. The van der Waals surface area contributed by atoms with E-state index < -0.39 is 0 Å². The van der Waals surface area contributed by atoms with E-state index in [9.17, 15) is 4.79 Å². The van der Waals surface area contributed by atoms with Gasteiger partial charge in [0.15, 0.2) is 11.4 Å². The summed E-state index contributed by atoms with van der Waals surface area (Å²) in [6.07, 6.45) is 1.53. The van der Waals surface area contributed by atoms with Crippen molar-refractivity contribution in [3.63, 3.8) is 0 Å². The fourth-order valence-electron chi connectivity index (χ4n) is 3.29. The van der Waals surface area contributed by atoms with Gasteiger partial charge in [0.1, 0.15) is 11.5 Å². The number of rotatable bonds is 4. The minimum Gasteiger partial charge on any atom is -0.356 e. The summed E-state index contributed by atoms with van der Waals surface area (Å²) < 4.78 is 6.87. The second-order valence-electron chi connectivity index (χ2n) is 6.85. The molecule has 4 aromatic rings. The number of nitrogens with zero attached hydrogens (tertiary/aromatic N) is 4. The lowest BCUT2D eigenvalue weighted by atomic mass is 10.0. The van der Waals surface area contributed by atoms with E-state index in [-0.39, 0.29) is 12.3 Å². The van der Waals surface area contributed by atoms with E-state index in [2.05, 4.69) is 20.6 Å². The normalized spacial score (nSPS) is 11.2. The minimum atomic E-state index is -0.258. The van der Waals surface area contributed by atoms with Crippen LogP contribution in [-0.2, 0) is 11.2 Å². The van der Waals surface area contributed by atoms with Gasteiger partial charge in [-0.3, -0.25) is 4.79 Å². The van der Waals surface area contributed by atoms with Crippen molar-refractivity contribution in [2.45, 2.75) is 27.2 Å². The van der Waals surface area contributed by atoms with Crippen molar-refractivity contribution in [3.8, 4) is 5.82 Å². The Hall–Kier alpha value is -2.90. The molecule has 1 N–H and O–H groups in total. The Bertz CT molecular complexity index is 1250. The zero-order chi connectivity index (χ0) is 20.7. The van der Waals surface area contributed by atoms with Crippen molar-refractivity contribution in [1.29, 1.82) is 0 Å². The first-order valence-electron chi connectivity index (χ1n) is 8.85. The molecule has 0 aliphatic rings. The first-order valence-corrected chi connectivity index (χ1v) is 9.61. The van der Waals surface area contributed by atoms with Gasteiger partial charge in [-0.25, -0.2) is 4.98 Å². The topological polar surface area (TPSA) is 85.8 Å². The number of hydrogen-bond acceptors (Lipinski definition) is 5. The minimum absolute atomic E-state index is 0.0584. The fraction of sp³-hybridized carbons (Fsp3) is 0.200. The van der Waals surface area contributed by atoms with Crippen LogP contribution >= 0.6 is 23.2 Å². The first kappa shape index (κ1) is 19.4. The molecule has 3 aromatic heterocycles. The summed E-state index contributed by atoms with van der Waals surface area (Å²) in [4.78, 5) is 16.9. The number of anilines is 1. The van der Waals surface area contributed by atoms with Crippen LogP contribution in [0.3, 0.4) is 0 Å². The average Bonchev–Trinajstić information content (AvgIpc) is 3.18. The third-order valence-electron chi connectivity index (χ3n) is 4.40.